The monoisotopic (exact) mass is 429 g/mol. The molecule has 1 aromatic carbocycles. The van der Waals surface area contributed by atoms with Crippen LogP contribution in [0, 0.1) is 5.82 Å². The molecular weight excluding hydrogens is 412 g/mol. The van der Waals surface area contributed by atoms with Crippen molar-refractivity contribution in [2.75, 3.05) is 7.05 Å². The highest BCUT2D eigenvalue weighted by molar-refractivity contribution is 14.0. The van der Waals surface area contributed by atoms with Gasteiger partial charge in [-0.05, 0) is 47.5 Å². The number of benzene rings is 1. The van der Waals surface area contributed by atoms with E-state index in [1.807, 2.05) is 19.9 Å². The Hall–Kier alpha value is -0.370. The highest BCUT2D eigenvalue weighted by Crippen LogP contribution is 2.16. The van der Waals surface area contributed by atoms with E-state index in [4.69, 9.17) is 0 Å². The quantitative estimate of drug-likeness (QED) is 0.439. The molecule has 6 heteroatoms. The number of hydrogen-bond donors (Lipinski definition) is 2. The molecule has 1 aromatic rings. The molecule has 0 aliphatic heterocycles. The zero-order valence-electron chi connectivity index (χ0n) is 10.6. The van der Waals surface area contributed by atoms with Gasteiger partial charge in [-0.15, -0.1) is 24.0 Å². The Morgan fingerprint density at radius 2 is 2.11 bits per heavy atom. The van der Waals surface area contributed by atoms with Crippen LogP contribution in [0.3, 0.4) is 0 Å². The highest BCUT2D eigenvalue weighted by atomic mass is 127. The van der Waals surface area contributed by atoms with Gasteiger partial charge in [0, 0.05) is 19.6 Å². The second-order valence-corrected chi connectivity index (χ2v) is 4.83. The third kappa shape index (κ3) is 5.99. The van der Waals surface area contributed by atoms with E-state index in [1.165, 1.54) is 6.07 Å². The predicted molar refractivity (Wildman–Crippen MR) is 88.0 cm³/mol. The van der Waals surface area contributed by atoms with Crippen molar-refractivity contribution in [2.24, 2.45) is 4.99 Å². The van der Waals surface area contributed by atoms with E-state index in [0.717, 1.165) is 5.56 Å². The molecule has 0 fully saturated rings. The molecule has 0 bridgehead atoms. The minimum Gasteiger partial charge on any atom is -0.354 e. The lowest BCUT2D eigenvalue weighted by molar-refractivity contribution is 0.617. The molecule has 0 radical (unpaired) electrons. The Bertz CT molecular complexity index is 410. The molecule has 3 nitrogen and oxygen atoms in total. The van der Waals surface area contributed by atoms with E-state index in [2.05, 4.69) is 31.6 Å². The van der Waals surface area contributed by atoms with Crippen molar-refractivity contribution in [2.45, 2.75) is 26.4 Å². The maximum absolute atomic E-state index is 13.3. The van der Waals surface area contributed by atoms with Crippen LogP contribution in [-0.2, 0) is 6.54 Å². The summed E-state index contributed by atoms with van der Waals surface area (Å²) >= 11 is 3.12. The van der Waals surface area contributed by atoms with Crippen molar-refractivity contribution in [3.8, 4) is 0 Å². The van der Waals surface area contributed by atoms with Crippen LogP contribution in [-0.4, -0.2) is 19.0 Å². The summed E-state index contributed by atoms with van der Waals surface area (Å²) in [6.45, 7) is 4.61. The second kappa shape index (κ2) is 8.68. The first kappa shape index (κ1) is 17.6. The topological polar surface area (TPSA) is 36.4 Å². The molecule has 0 spiro atoms. The van der Waals surface area contributed by atoms with Crippen molar-refractivity contribution in [1.29, 1.82) is 0 Å². The van der Waals surface area contributed by atoms with E-state index in [1.54, 1.807) is 13.1 Å². The number of guanidine groups is 1. The molecule has 1 rings (SSSR count). The Kier molecular flexibility index (Phi) is 8.51. The summed E-state index contributed by atoms with van der Waals surface area (Å²) < 4.78 is 13.8. The number of nitrogens with zero attached hydrogens (tertiary/aromatic N) is 1. The highest BCUT2D eigenvalue weighted by Gasteiger charge is 2.03. The van der Waals surface area contributed by atoms with Gasteiger partial charge in [-0.3, -0.25) is 4.99 Å². The van der Waals surface area contributed by atoms with Crippen molar-refractivity contribution >= 4 is 45.9 Å². The fourth-order valence-electron chi connectivity index (χ4n) is 1.30. The summed E-state index contributed by atoms with van der Waals surface area (Å²) in [5, 5.41) is 6.28. The van der Waals surface area contributed by atoms with Crippen molar-refractivity contribution < 1.29 is 4.39 Å². The van der Waals surface area contributed by atoms with Crippen LogP contribution >= 0.6 is 39.9 Å². The van der Waals surface area contributed by atoms with E-state index >= 15 is 0 Å². The van der Waals surface area contributed by atoms with Crippen LogP contribution < -0.4 is 10.6 Å². The molecule has 0 aliphatic rings. The average molecular weight is 430 g/mol. The van der Waals surface area contributed by atoms with Crippen molar-refractivity contribution in [3.63, 3.8) is 0 Å². The van der Waals surface area contributed by atoms with Gasteiger partial charge in [-0.1, -0.05) is 6.07 Å². The lowest BCUT2D eigenvalue weighted by Crippen LogP contribution is -2.40. The zero-order chi connectivity index (χ0) is 12.8. The van der Waals surface area contributed by atoms with E-state index in [9.17, 15) is 4.39 Å². The minimum atomic E-state index is -0.254. The Morgan fingerprint density at radius 1 is 1.44 bits per heavy atom. The minimum absolute atomic E-state index is 0. The van der Waals surface area contributed by atoms with Gasteiger partial charge in [-0.25, -0.2) is 4.39 Å². The van der Waals surface area contributed by atoms with Gasteiger partial charge in [0.2, 0.25) is 0 Å². The summed E-state index contributed by atoms with van der Waals surface area (Å²) in [7, 11) is 1.71. The standard InChI is InChI=1S/C12H17BrFN3.HI/c1-8(2)17-12(15-3)16-7-9-4-5-10(13)11(14)6-9;/h4-6,8H,7H2,1-3H3,(H2,15,16,17);1H. The average Bonchev–Trinajstić information content (AvgIpc) is 2.28. The maximum Gasteiger partial charge on any atom is 0.191 e. The van der Waals surface area contributed by atoms with Crippen LogP contribution in [0.1, 0.15) is 19.4 Å². The third-order valence-electron chi connectivity index (χ3n) is 2.09. The fraction of sp³-hybridized carbons (Fsp3) is 0.417. The SMILES string of the molecule is CN=C(NCc1ccc(Br)c(F)c1)NC(C)C.I. The zero-order valence-corrected chi connectivity index (χ0v) is 14.5. The Labute approximate surface area is 133 Å². The van der Waals surface area contributed by atoms with Crippen LogP contribution in [0.15, 0.2) is 27.7 Å². The van der Waals surface area contributed by atoms with Crippen LogP contribution in [0.2, 0.25) is 0 Å². The molecule has 0 aromatic heterocycles. The first-order chi connectivity index (χ1) is 8.02. The van der Waals surface area contributed by atoms with E-state index in [0.29, 0.717) is 23.0 Å². The lowest BCUT2D eigenvalue weighted by atomic mass is 10.2. The molecule has 0 atom stereocenters. The number of aliphatic imine (C=N–C) groups is 1. The van der Waals surface area contributed by atoms with Gasteiger partial charge in [0.05, 0.1) is 4.47 Å². The molecule has 0 saturated heterocycles. The van der Waals surface area contributed by atoms with Gasteiger partial charge >= 0.3 is 0 Å². The maximum atomic E-state index is 13.3. The molecule has 0 amide bonds. The summed E-state index contributed by atoms with van der Waals surface area (Å²) in [5.41, 5.74) is 0.873. The van der Waals surface area contributed by atoms with Crippen molar-refractivity contribution in [1.82, 2.24) is 10.6 Å². The summed E-state index contributed by atoms with van der Waals surface area (Å²) in [6.07, 6.45) is 0. The third-order valence-corrected chi connectivity index (χ3v) is 2.74. The predicted octanol–water partition coefficient (Wildman–Crippen LogP) is 3.28. The summed E-state index contributed by atoms with van der Waals surface area (Å²) in [6, 6.07) is 5.37. The largest absolute Gasteiger partial charge is 0.354 e. The fourth-order valence-corrected chi connectivity index (χ4v) is 1.55. The number of nitrogens with one attached hydrogen (secondary N) is 2. The van der Waals surface area contributed by atoms with Gasteiger partial charge in [0.15, 0.2) is 5.96 Å². The number of hydrogen-bond acceptors (Lipinski definition) is 1. The van der Waals surface area contributed by atoms with Gasteiger partial charge < -0.3 is 10.6 Å². The van der Waals surface area contributed by atoms with Crippen LogP contribution in [0.25, 0.3) is 0 Å². The van der Waals surface area contributed by atoms with Crippen LogP contribution in [0.4, 0.5) is 4.39 Å². The Morgan fingerprint density at radius 3 is 2.61 bits per heavy atom. The first-order valence-corrected chi connectivity index (χ1v) is 6.23. The summed E-state index contributed by atoms with van der Waals surface area (Å²) in [5.74, 6) is 0.458. The molecule has 0 saturated carbocycles. The molecule has 18 heavy (non-hydrogen) atoms. The molecule has 2 N–H and O–H groups in total. The Balaban J connectivity index is 0.00000289. The molecule has 0 unspecified atom stereocenters. The van der Waals surface area contributed by atoms with Gasteiger partial charge in [0.25, 0.3) is 0 Å². The molecule has 0 heterocycles. The van der Waals surface area contributed by atoms with E-state index in [-0.39, 0.29) is 29.8 Å². The normalized spacial score (nSPS) is 11.1. The first-order valence-electron chi connectivity index (χ1n) is 5.44. The number of rotatable bonds is 3. The van der Waals surface area contributed by atoms with Gasteiger partial charge in [0.1, 0.15) is 5.82 Å². The molecule has 0 aliphatic carbocycles. The van der Waals surface area contributed by atoms with E-state index < -0.39 is 0 Å². The van der Waals surface area contributed by atoms with Crippen LogP contribution in [0.5, 0.6) is 0 Å². The summed E-state index contributed by atoms with van der Waals surface area (Å²) in [4.78, 5) is 4.07. The smallest absolute Gasteiger partial charge is 0.191 e. The lowest BCUT2D eigenvalue weighted by Gasteiger charge is -2.14. The molecular formula is C12H18BrFIN3. The number of halogens is 3. The molecule has 102 valence electrons. The van der Waals surface area contributed by atoms with Gasteiger partial charge in [-0.2, -0.15) is 0 Å². The second-order valence-electron chi connectivity index (χ2n) is 3.97. The van der Waals surface area contributed by atoms with Crippen molar-refractivity contribution in [3.05, 3.63) is 34.1 Å².